The van der Waals surface area contributed by atoms with Gasteiger partial charge in [0.2, 0.25) is 5.91 Å². The maximum atomic E-state index is 11.5. The molecule has 1 aliphatic heterocycles. The van der Waals surface area contributed by atoms with Crippen LogP contribution in [0, 0.1) is 0 Å². The monoisotopic (exact) mass is 286 g/mol. The number of nitrogens with one attached hydrogen (secondary N) is 3. The maximum absolute atomic E-state index is 11.5. The van der Waals surface area contributed by atoms with Crippen molar-refractivity contribution in [1.82, 2.24) is 16.0 Å². The molecule has 0 saturated carbocycles. The molecule has 1 unspecified atom stereocenters. The smallest absolute Gasteiger partial charge is 0.221 e. The highest BCUT2D eigenvalue weighted by Gasteiger charge is 2.15. The Morgan fingerprint density at radius 1 is 1.42 bits per heavy atom. The van der Waals surface area contributed by atoms with E-state index in [-0.39, 0.29) is 11.9 Å². The molecule has 19 heavy (non-hydrogen) atoms. The summed E-state index contributed by atoms with van der Waals surface area (Å²) in [6, 6.07) is 0.198. The molecule has 1 atom stereocenters. The summed E-state index contributed by atoms with van der Waals surface area (Å²) in [5.74, 6) is 2.13. The Kier molecular flexibility index (Phi) is 7.70. The number of carbonyl (C=O) groups is 1. The Morgan fingerprint density at radius 3 is 2.79 bits per heavy atom. The number of rotatable bonds is 6. The van der Waals surface area contributed by atoms with E-state index in [0.717, 1.165) is 12.5 Å². The summed E-state index contributed by atoms with van der Waals surface area (Å²) in [5.41, 5.74) is 0. The lowest BCUT2D eigenvalue weighted by molar-refractivity contribution is -0.121. The van der Waals surface area contributed by atoms with Gasteiger partial charge in [0.05, 0.1) is 0 Å². The second-order valence-corrected chi connectivity index (χ2v) is 6.40. The van der Waals surface area contributed by atoms with Crippen LogP contribution < -0.4 is 16.0 Å². The van der Waals surface area contributed by atoms with Gasteiger partial charge in [0.1, 0.15) is 0 Å². The molecule has 1 aliphatic rings. The van der Waals surface area contributed by atoms with E-state index >= 15 is 0 Å². The van der Waals surface area contributed by atoms with Gasteiger partial charge in [-0.1, -0.05) is 0 Å². The average Bonchev–Trinajstić information content (AvgIpc) is 2.85. The van der Waals surface area contributed by atoms with Crippen LogP contribution in [0.1, 0.15) is 33.1 Å². The number of hydrogen-bond acceptors (Lipinski definition) is 3. The van der Waals surface area contributed by atoms with Crippen LogP contribution in [0.4, 0.5) is 0 Å². The van der Waals surface area contributed by atoms with Crippen LogP contribution in [0.15, 0.2) is 4.99 Å². The van der Waals surface area contributed by atoms with Gasteiger partial charge in [-0.25, -0.2) is 0 Å². The van der Waals surface area contributed by atoms with E-state index in [0.29, 0.717) is 18.2 Å². The van der Waals surface area contributed by atoms with Crippen LogP contribution >= 0.6 is 11.8 Å². The fraction of sp³-hybridized carbons (Fsp3) is 0.846. The third-order valence-corrected chi connectivity index (χ3v) is 4.24. The predicted molar refractivity (Wildman–Crippen MR) is 82.7 cm³/mol. The van der Waals surface area contributed by atoms with Crippen LogP contribution in [0.2, 0.25) is 0 Å². The van der Waals surface area contributed by atoms with Gasteiger partial charge >= 0.3 is 0 Å². The molecule has 1 rings (SSSR count). The molecule has 0 radical (unpaired) electrons. The minimum Gasteiger partial charge on any atom is -0.356 e. The Bertz CT molecular complexity index is 301. The molecule has 6 heteroatoms. The van der Waals surface area contributed by atoms with Crippen molar-refractivity contribution < 1.29 is 4.79 Å². The van der Waals surface area contributed by atoms with Crippen molar-refractivity contribution in [3.63, 3.8) is 0 Å². The van der Waals surface area contributed by atoms with Gasteiger partial charge in [-0.2, -0.15) is 11.8 Å². The molecule has 0 aromatic heterocycles. The summed E-state index contributed by atoms with van der Waals surface area (Å²) < 4.78 is 0. The molecule has 5 nitrogen and oxygen atoms in total. The average molecular weight is 286 g/mol. The fourth-order valence-electron chi connectivity index (χ4n) is 1.93. The van der Waals surface area contributed by atoms with Gasteiger partial charge < -0.3 is 16.0 Å². The first-order valence-electron chi connectivity index (χ1n) is 6.97. The van der Waals surface area contributed by atoms with Crippen molar-refractivity contribution in [2.45, 2.75) is 44.4 Å². The molecule has 110 valence electrons. The summed E-state index contributed by atoms with van der Waals surface area (Å²) in [7, 11) is 1.76. The standard InChI is InChI=1S/C13H26N4OS/c1-10(2)17-12(18)6-7-15-13(14-3)16-9-11-5-4-8-19-11/h10-11H,4-9H2,1-3H3,(H,17,18)(H2,14,15,16). The molecule has 0 aromatic carbocycles. The fourth-order valence-corrected chi connectivity index (χ4v) is 3.13. The first-order chi connectivity index (χ1) is 9.11. The van der Waals surface area contributed by atoms with Crippen molar-refractivity contribution in [1.29, 1.82) is 0 Å². The molecule has 1 fully saturated rings. The molecule has 1 saturated heterocycles. The molecule has 0 aromatic rings. The lowest BCUT2D eigenvalue weighted by atomic mass is 10.2. The van der Waals surface area contributed by atoms with Crippen LogP contribution in [-0.2, 0) is 4.79 Å². The summed E-state index contributed by atoms with van der Waals surface area (Å²) in [6.45, 7) is 5.48. The minimum atomic E-state index is 0.0734. The highest BCUT2D eigenvalue weighted by molar-refractivity contribution is 8.00. The van der Waals surface area contributed by atoms with Crippen LogP contribution in [0.5, 0.6) is 0 Å². The molecule has 0 bridgehead atoms. The maximum Gasteiger partial charge on any atom is 0.221 e. The lowest BCUT2D eigenvalue weighted by Gasteiger charge is -2.15. The van der Waals surface area contributed by atoms with E-state index in [2.05, 4.69) is 20.9 Å². The Hall–Kier alpha value is -0.910. The van der Waals surface area contributed by atoms with Gasteiger partial charge in [0, 0.05) is 37.8 Å². The largest absolute Gasteiger partial charge is 0.356 e. The van der Waals surface area contributed by atoms with Gasteiger partial charge in [-0.3, -0.25) is 9.79 Å². The van der Waals surface area contributed by atoms with E-state index in [4.69, 9.17) is 0 Å². The van der Waals surface area contributed by atoms with E-state index in [9.17, 15) is 4.79 Å². The lowest BCUT2D eigenvalue weighted by Crippen LogP contribution is -2.42. The Morgan fingerprint density at radius 2 is 2.21 bits per heavy atom. The molecule has 0 spiro atoms. The first-order valence-corrected chi connectivity index (χ1v) is 8.02. The number of hydrogen-bond donors (Lipinski definition) is 3. The molecule has 0 aliphatic carbocycles. The number of carbonyl (C=O) groups excluding carboxylic acids is 1. The number of nitrogens with zero attached hydrogens (tertiary/aromatic N) is 1. The first kappa shape index (κ1) is 16.1. The van der Waals surface area contributed by atoms with Crippen LogP contribution in [0.3, 0.4) is 0 Å². The highest BCUT2D eigenvalue weighted by atomic mass is 32.2. The van der Waals surface area contributed by atoms with Crippen molar-refractivity contribution >= 4 is 23.6 Å². The highest BCUT2D eigenvalue weighted by Crippen LogP contribution is 2.25. The van der Waals surface area contributed by atoms with Crippen molar-refractivity contribution in [3.05, 3.63) is 0 Å². The zero-order chi connectivity index (χ0) is 14.1. The zero-order valence-electron chi connectivity index (χ0n) is 12.2. The summed E-state index contributed by atoms with van der Waals surface area (Å²) in [4.78, 5) is 15.6. The molecule has 1 heterocycles. The topological polar surface area (TPSA) is 65.5 Å². The zero-order valence-corrected chi connectivity index (χ0v) is 13.0. The van der Waals surface area contributed by atoms with Crippen molar-refractivity contribution in [2.24, 2.45) is 4.99 Å². The van der Waals surface area contributed by atoms with Gasteiger partial charge in [-0.05, 0) is 32.4 Å². The predicted octanol–water partition coefficient (Wildman–Crippen LogP) is 0.962. The quantitative estimate of drug-likeness (QED) is 0.503. The molecule has 3 N–H and O–H groups in total. The second-order valence-electron chi connectivity index (χ2n) is 4.99. The number of thioether (sulfide) groups is 1. The van der Waals surface area contributed by atoms with Crippen LogP contribution in [-0.4, -0.2) is 49.0 Å². The van der Waals surface area contributed by atoms with E-state index in [1.54, 1.807) is 7.05 Å². The van der Waals surface area contributed by atoms with Crippen molar-refractivity contribution in [3.8, 4) is 0 Å². The van der Waals surface area contributed by atoms with Gasteiger partial charge in [0.25, 0.3) is 0 Å². The summed E-state index contributed by atoms with van der Waals surface area (Å²) >= 11 is 2.02. The van der Waals surface area contributed by atoms with E-state index < -0.39 is 0 Å². The number of guanidine groups is 1. The summed E-state index contributed by atoms with van der Waals surface area (Å²) in [5, 5.41) is 10.0. The summed E-state index contributed by atoms with van der Waals surface area (Å²) in [6.07, 6.45) is 3.07. The minimum absolute atomic E-state index is 0.0734. The SMILES string of the molecule is CN=C(NCCC(=O)NC(C)C)NCC1CCCS1. The normalized spacial score (nSPS) is 19.6. The third kappa shape index (κ3) is 7.30. The van der Waals surface area contributed by atoms with Gasteiger partial charge in [0.15, 0.2) is 5.96 Å². The number of aliphatic imine (C=N–C) groups is 1. The van der Waals surface area contributed by atoms with Crippen LogP contribution in [0.25, 0.3) is 0 Å². The third-order valence-electron chi connectivity index (χ3n) is 2.84. The van der Waals surface area contributed by atoms with Gasteiger partial charge in [-0.15, -0.1) is 0 Å². The second kappa shape index (κ2) is 9.07. The Balaban J connectivity index is 2.12. The van der Waals surface area contributed by atoms with E-state index in [1.807, 2.05) is 25.6 Å². The Labute approximate surface area is 120 Å². The molecular weight excluding hydrogens is 260 g/mol. The number of amides is 1. The molecular formula is C13H26N4OS. The van der Waals surface area contributed by atoms with Crippen molar-refractivity contribution in [2.75, 3.05) is 25.9 Å². The van der Waals surface area contributed by atoms with E-state index in [1.165, 1.54) is 18.6 Å². The molecule has 1 amide bonds.